The molecule has 6 rings (SSSR count). The van der Waals surface area contributed by atoms with E-state index in [1.165, 1.54) is 13.8 Å². The Morgan fingerprint density at radius 3 is 2.16 bits per heavy atom. The van der Waals surface area contributed by atoms with Gasteiger partial charge in [0.2, 0.25) is 0 Å². The number of carbonyl (C=O) groups is 7. The molecule has 344 valence electrons. The van der Waals surface area contributed by atoms with Gasteiger partial charge in [0.05, 0.1) is 36.5 Å². The lowest BCUT2D eigenvalue weighted by Crippen LogP contribution is -2.82. The summed E-state index contributed by atoms with van der Waals surface area (Å²) in [6.45, 7) is 16.5. The van der Waals surface area contributed by atoms with Crippen molar-refractivity contribution in [2.24, 2.45) is 22.7 Å². The quantitative estimate of drug-likeness (QED) is 0.164. The highest BCUT2D eigenvalue weighted by Gasteiger charge is 2.81. The molecule has 2 saturated carbocycles. The second kappa shape index (κ2) is 16.8. The Bertz CT molecular complexity index is 2120. The second-order valence-electron chi connectivity index (χ2n) is 19.4. The Morgan fingerprint density at radius 1 is 0.952 bits per heavy atom. The van der Waals surface area contributed by atoms with Gasteiger partial charge in [0.1, 0.15) is 17.8 Å². The van der Waals surface area contributed by atoms with E-state index in [-0.39, 0.29) is 48.5 Å². The smallest absolute Gasteiger partial charge is 0.407 e. The van der Waals surface area contributed by atoms with Gasteiger partial charge >= 0.3 is 35.9 Å². The molecule has 11 atom stereocenters. The van der Waals surface area contributed by atoms with Crippen LogP contribution in [0.2, 0.25) is 0 Å². The van der Waals surface area contributed by atoms with Crippen molar-refractivity contribution in [3.8, 4) is 0 Å². The van der Waals surface area contributed by atoms with Gasteiger partial charge in [0.15, 0.2) is 35.3 Å². The van der Waals surface area contributed by atoms with Crippen LogP contribution in [0.1, 0.15) is 94.6 Å². The molecule has 0 aromatic heterocycles. The maximum absolute atomic E-state index is 15.6. The molecule has 1 saturated heterocycles. The third-order valence-corrected chi connectivity index (χ3v) is 13.1. The highest BCUT2D eigenvalue weighted by Crippen LogP contribution is 2.67. The zero-order valence-electron chi connectivity index (χ0n) is 37.6. The number of hydrogen-bond acceptors (Lipinski definition) is 16. The predicted molar refractivity (Wildman–Crippen MR) is 219 cm³/mol. The number of fused-ring (bicyclic) bond motifs is 4. The van der Waals surface area contributed by atoms with Gasteiger partial charge in [-0.1, -0.05) is 58.0 Å². The molecule has 2 aliphatic heterocycles. The van der Waals surface area contributed by atoms with Crippen LogP contribution in [0.5, 0.6) is 0 Å². The molecule has 2 heterocycles. The summed E-state index contributed by atoms with van der Waals surface area (Å²) in [7, 11) is 0. The van der Waals surface area contributed by atoms with Crippen molar-refractivity contribution in [2.75, 3.05) is 6.61 Å². The largest absolute Gasteiger partial charge is 0.457 e. The zero-order chi connectivity index (χ0) is 46.8. The molecule has 5 aliphatic rings. The van der Waals surface area contributed by atoms with Crippen LogP contribution in [0.3, 0.4) is 0 Å². The number of alkyl carbamates (subject to hydrolysis) is 1. The number of rotatable bonds is 11. The molecule has 17 heteroatoms. The van der Waals surface area contributed by atoms with Crippen molar-refractivity contribution in [1.82, 2.24) is 5.32 Å². The van der Waals surface area contributed by atoms with Crippen LogP contribution in [0.25, 0.3) is 0 Å². The SMILES string of the molecule is CC(=O)O[C@H]1C(=O)[C@@]2(C)C(C(OC(=O)Cc3ccccc3)[C@]34OC(=O)C=C3[C@H](OC(=O)[C@H](O)[C@@H](CC(C)C)NC(=O)OC(C)(C)C)C(C)=C1C4(C)C)[C@]1(OC(C)=O)CO[C@@H]1C[C@@H]2O. The van der Waals surface area contributed by atoms with E-state index in [2.05, 4.69) is 5.32 Å². The van der Waals surface area contributed by atoms with E-state index in [0.29, 0.717) is 5.56 Å². The van der Waals surface area contributed by atoms with Crippen molar-refractivity contribution in [2.45, 2.75) is 155 Å². The number of esters is 5. The van der Waals surface area contributed by atoms with E-state index in [9.17, 15) is 39.0 Å². The molecule has 0 radical (unpaired) electrons. The number of hydrogen-bond donors (Lipinski definition) is 3. The van der Waals surface area contributed by atoms with Crippen LogP contribution in [-0.2, 0) is 68.3 Å². The number of Topliss-reactive ketones (excluding diaryl/α,β-unsaturated/α-hetero) is 1. The van der Waals surface area contributed by atoms with Crippen LogP contribution in [0, 0.1) is 22.7 Å². The Labute approximate surface area is 366 Å². The summed E-state index contributed by atoms with van der Waals surface area (Å²) in [5, 5.41) is 26.4. The second-order valence-corrected chi connectivity index (χ2v) is 19.4. The van der Waals surface area contributed by atoms with E-state index in [1.807, 2.05) is 13.8 Å². The Kier molecular flexibility index (Phi) is 12.6. The van der Waals surface area contributed by atoms with Crippen molar-refractivity contribution in [1.29, 1.82) is 0 Å². The highest BCUT2D eigenvalue weighted by molar-refractivity contribution is 5.97. The summed E-state index contributed by atoms with van der Waals surface area (Å²) in [6, 6.07) is 7.34. The first-order valence-corrected chi connectivity index (χ1v) is 21.2. The number of carbonyl (C=O) groups excluding carboxylic acids is 7. The lowest BCUT2D eigenvalue weighted by atomic mass is 9.44. The molecular weight excluding hydrogens is 822 g/mol. The summed E-state index contributed by atoms with van der Waals surface area (Å²) in [5.74, 6) is -7.40. The monoisotopic (exact) mass is 881 g/mol. The minimum atomic E-state index is -2.26. The van der Waals surface area contributed by atoms with Gasteiger partial charge in [-0.3, -0.25) is 19.2 Å². The summed E-state index contributed by atoms with van der Waals surface area (Å²) in [5.41, 5.74) is -8.19. The van der Waals surface area contributed by atoms with Crippen molar-refractivity contribution in [3.63, 3.8) is 0 Å². The van der Waals surface area contributed by atoms with Gasteiger partial charge < -0.3 is 48.7 Å². The number of ketones is 1. The summed E-state index contributed by atoms with van der Waals surface area (Å²) >= 11 is 0. The summed E-state index contributed by atoms with van der Waals surface area (Å²) < 4.78 is 42.5. The molecule has 2 unspecified atom stereocenters. The Morgan fingerprint density at radius 2 is 1.60 bits per heavy atom. The number of nitrogens with one attached hydrogen (secondary N) is 1. The molecule has 2 bridgehead atoms. The molecule has 17 nitrogen and oxygen atoms in total. The van der Waals surface area contributed by atoms with Crippen molar-refractivity contribution < 1.29 is 76.9 Å². The third kappa shape index (κ3) is 8.16. The zero-order valence-corrected chi connectivity index (χ0v) is 37.6. The van der Waals surface area contributed by atoms with Crippen LogP contribution in [0.4, 0.5) is 4.79 Å². The molecular formula is C46H59NO16. The Hall–Kier alpha value is -5.13. The fourth-order valence-corrected chi connectivity index (χ4v) is 10.6. The number of amides is 1. The maximum Gasteiger partial charge on any atom is 0.407 e. The number of aliphatic hydroxyl groups excluding tert-OH is 2. The highest BCUT2D eigenvalue weighted by atomic mass is 16.6. The normalized spacial score (nSPS) is 32.7. The molecule has 3 N–H and O–H groups in total. The van der Waals surface area contributed by atoms with E-state index in [4.69, 9.17) is 33.2 Å². The summed E-state index contributed by atoms with van der Waals surface area (Å²) in [6.07, 6.45) is -10.3. The average molecular weight is 882 g/mol. The Balaban J connectivity index is 1.60. The number of aliphatic hydroxyl groups is 2. The van der Waals surface area contributed by atoms with E-state index in [0.717, 1.165) is 19.9 Å². The van der Waals surface area contributed by atoms with Gasteiger partial charge in [-0.15, -0.1) is 0 Å². The fraction of sp³-hybridized carbons (Fsp3) is 0.630. The van der Waals surface area contributed by atoms with Crippen LogP contribution >= 0.6 is 0 Å². The molecule has 1 amide bonds. The fourth-order valence-electron chi connectivity index (χ4n) is 10.6. The minimum Gasteiger partial charge on any atom is -0.457 e. The predicted octanol–water partition coefficient (Wildman–Crippen LogP) is 3.53. The molecule has 1 spiro atoms. The summed E-state index contributed by atoms with van der Waals surface area (Å²) in [4.78, 5) is 97.6. The molecule has 3 aliphatic carbocycles. The van der Waals surface area contributed by atoms with E-state index >= 15 is 4.79 Å². The van der Waals surface area contributed by atoms with Crippen LogP contribution in [-0.4, -0.2) is 118 Å². The maximum atomic E-state index is 15.6. The van der Waals surface area contributed by atoms with Gasteiger partial charge in [0.25, 0.3) is 0 Å². The molecule has 1 aromatic rings. The molecule has 63 heavy (non-hydrogen) atoms. The molecule has 3 fully saturated rings. The lowest BCUT2D eigenvalue weighted by Gasteiger charge is -2.67. The van der Waals surface area contributed by atoms with Gasteiger partial charge in [0, 0.05) is 37.3 Å². The lowest BCUT2D eigenvalue weighted by molar-refractivity contribution is -0.343. The van der Waals surface area contributed by atoms with E-state index < -0.39 is 118 Å². The van der Waals surface area contributed by atoms with Crippen molar-refractivity contribution in [3.05, 3.63) is 58.7 Å². The molecule has 1 aromatic carbocycles. The first-order chi connectivity index (χ1) is 29.2. The first-order valence-electron chi connectivity index (χ1n) is 21.2. The third-order valence-electron chi connectivity index (χ3n) is 13.1. The van der Waals surface area contributed by atoms with E-state index in [1.54, 1.807) is 65.0 Å². The topological polar surface area (TPSA) is 237 Å². The van der Waals surface area contributed by atoms with Gasteiger partial charge in [-0.25, -0.2) is 14.4 Å². The number of ether oxygens (including phenoxy) is 7. The van der Waals surface area contributed by atoms with Crippen molar-refractivity contribution >= 4 is 41.7 Å². The minimum absolute atomic E-state index is 0.00282. The average Bonchev–Trinajstić information content (AvgIpc) is 3.52. The number of benzene rings is 1. The van der Waals surface area contributed by atoms with Crippen LogP contribution < -0.4 is 5.32 Å². The standard InChI is InChI=1S/C46H59NO16/c1-22(2)17-28(47-41(56)63-42(6,7)8)34(53)40(55)60-35-23(3)33-36(58-24(4)48)38(54)44(11)29(50)20-30-45(21-57-30,61-25(5)49)37(44)39(59-31(51)18-26-15-13-12-14-16-26)46(43(33,9)10)27(35)19-32(52)62-46/h12-16,19,22,28-30,34-37,39,50,53H,17-18,20-21H2,1-11H3,(H,47,56)/t28-,29+,30-,34-,35-,36-,37?,39?,44-,45+,46-/m1/s1. The van der Waals surface area contributed by atoms with Crippen LogP contribution in [0.15, 0.2) is 53.1 Å². The van der Waals surface area contributed by atoms with Gasteiger partial charge in [-0.05, 0) is 63.7 Å². The van der Waals surface area contributed by atoms with Gasteiger partial charge in [-0.2, -0.15) is 0 Å². The first kappa shape index (κ1) is 47.4.